The number of nitrogens with one attached hydrogen (secondary N) is 4. The van der Waals surface area contributed by atoms with E-state index in [1.54, 1.807) is 0 Å². The molecule has 3 aromatic heterocycles. The van der Waals surface area contributed by atoms with Crippen molar-refractivity contribution in [2.45, 2.75) is 75.5 Å². The first-order valence-electron chi connectivity index (χ1n) is 13.5. The van der Waals surface area contributed by atoms with Gasteiger partial charge in [-0.2, -0.15) is 0 Å². The zero-order valence-electron chi connectivity index (χ0n) is 21.7. The maximum atomic E-state index is 14.1. The zero-order chi connectivity index (χ0) is 27.4. The summed E-state index contributed by atoms with van der Waals surface area (Å²) >= 11 is 0. The molecule has 5 rings (SSSR count). The normalized spacial score (nSPS) is 19.9. The number of hydrogen-bond acceptors (Lipinski definition) is 9. The summed E-state index contributed by atoms with van der Waals surface area (Å²) in [7, 11) is 0. The molecule has 0 bridgehead atoms. The van der Waals surface area contributed by atoms with Gasteiger partial charge in [-0.1, -0.05) is 0 Å². The maximum Gasteiger partial charge on any atom is 0.276 e. The minimum atomic E-state index is -0.629. The number of amides is 2. The summed E-state index contributed by atoms with van der Waals surface area (Å²) in [6.07, 6.45) is 10.6. The Morgan fingerprint density at radius 1 is 1.05 bits per heavy atom. The van der Waals surface area contributed by atoms with E-state index in [1.165, 1.54) is 23.0 Å². The first-order valence-corrected chi connectivity index (χ1v) is 13.5. The van der Waals surface area contributed by atoms with Crippen LogP contribution in [0.25, 0.3) is 5.65 Å². The number of rotatable bonds is 11. The van der Waals surface area contributed by atoms with Crippen molar-refractivity contribution in [3.8, 4) is 0 Å². The van der Waals surface area contributed by atoms with Crippen molar-refractivity contribution in [1.29, 1.82) is 0 Å². The Labute approximate surface area is 225 Å². The minimum Gasteiger partial charge on any atom is -0.379 e. The molecule has 1 atom stereocenters. The smallest absolute Gasteiger partial charge is 0.276 e. The van der Waals surface area contributed by atoms with Crippen LogP contribution in [0.4, 0.5) is 21.6 Å². The molecule has 2 aliphatic rings. The molecular weight excluding hydrogens is 503 g/mol. The molecule has 2 fully saturated rings. The molecule has 13 heteroatoms. The Hall–Kier alpha value is -3.84. The molecule has 2 aliphatic carbocycles. The fourth-order valence-corrected chi connectivity index (χ4v) is 4.78. The summed E-state index contributed by atoms with van der Waals surface area (Å²) in [5, 5.41) is 17.3. The summed E-state index contributed by atoms with van der Waals surface area (Å²) < 4.78 is 15.5. The summed E-state index contributed by atoms with van der Waals surface area (Å²) in [5.74, 6) is -0.685. The molecular formula is C26H35FN10O2. The van der Waals surface area contributed by atoms with Crippen molar-refractivity contribution in [2.75, 3.05) is 22.5 Å². The molecule has 0 aromatic carbocycles. The van der Waals surface area contributed by atoms with E-state index in [0.29, 0.717) is 30.5 Å². The lowest BCUT2D eigenvalue weighted by atomic mass is 9.91. The monoisotopic (exact) mass is 538 g/mol. The van der Waals surface area contributed by atoms with Gasteiger partial charge < -0.3 is 32.7 Å². The molecule has 0 spiro atoms. The van der Waals surface area contributed by atoms with Gasteiger partial charge >= 0.3 is 0 Å². The molecule has 208 valence electrons. The second kappa shape index (κ2) is 11.9. The number of imidazole rings is 1. The van der Waals surface area contributed by atoms with E-state index in [0.717, 1.165) is 56.8 Å². The van der Waals surface area contributed by atoms with Crippen LogP contribution in [-0.4, -0.2) is 62.1 Å². The third-order valence-corrected chi connectivity index (χ3v) is 7.14. The van der Waals surface area contributed by atoms with Gasteiger partial charge in [-0.25, -0.2) is 13.9 Å². The lowest BCUT2D eigenvalue weighted by Crippen LogP contribution is -2.47. The molecule has 2 amide bonds. The largest absolute Gasteiger partial charge is 0.379 e. The van der Waals surface area contributed by atoms with Crippen molar-refractivity contribution in [1.82, 2.24) is 24.9 Å². The van der Waals surface area contributed by atoms with Gasteiger partial charge in [-0.15, -0.1) is 5.10 Å². The van der Waals surface area contributed by atoms with Gasteiger partial charge in [0.2, 0.25) is 5.91 Å². The van der Waals surface area contributed by atoms with E-state index < -0.39 is 17.8 Å². The predicted octanol–water partition coefficient (Wildman–Crippen LogP) is 2.00. The number of carbonyl (C=O) groups is 2. The highest BCUT2D eigenvalue weighted by Gasteiger charge is 2.27. The number of carbonyl (C=O) groups excluding carboxylic acids is 2. The molecule has 0 saturated heterocycles. The Bertz CT molecular complexity index is 1320. The average Bonchev–Trinajstić information content (AvgIpc) is 3.64. The van der Waals surface area contributed by atoms with Gasteiger partial charge in [-0.05, 0) is 64.0 Å². The van der Waals surface area contributed by atoms with E-state index in [4.69, 9.17) is 11.5 Å². The van der Waals surface area contributed by atoms with Gasteiger partial charge in [0.25, 0.3) is 5.91 Å². The molecule has 0 radical (unpaired) electrons. The number of pyridine rings is 1. The van der Waals surface area contributed by atoms with Crippen molar-refractivity contribution in [3.63, 3.8) is 0 Å². The number of nitrogens with two attached hydrogens (primary N) is 2. The number of anilines is 3. The number of aromatic nitrogens is 4. The van der Waals surface area contributed by atoms with Crippen LogP contribution < -0.4 is 32.7 Å². The van der Waals surface area contributed by atoms with Gasteiger partial charge in [0.1, 0.15) is 5.82 Å². The van der Waals surface area contributed by atoms with Gasteiger partial charge in [0.05, 0.1) is 29.8 Å². The molecule has 3 aromatic rings. The quantitative estimate of drug-likeness (QED) is 0.213. The second-order valence-corrected chi connectivity index (χ2v) is 10.3. The predicted molar refractivity (Wildman–Crippen MR) is 146 cm³/mol. The van der Waals surface area contributed by atoms with Crippen LogP contribution in [0.2, 0.25) is 0 Å². The lowest BCUT2D eigenvalue weighted by molar-refractivity contribution is -0.123. The molecule has 39 heavy (non-hydrogen) atoms. The van der Waals surface area contributed by atoms with E-state index in [1.807, 2.05) is 6.07 Å². The van der Waals surface area contributed by atoms with Crippen LogP contribution in [0.3, 0.4) is 0 Å². The maximum absolute atomic E-state index is 14.1. The third-order valence-electron chi connectivity index (χ3n) is 7.14. The SMILES string of the molecule is NCCC[C@H](N)C(=O)NC1CCC(Nc2cc(NC3CC3)c3ncc(C(=O)Nc4ccncc4F)n3n2)CC1. The van der Waals surface area contributed by atoms with Crippen LogP contribution in [0.15, 0.2) is 30.7 Å². The highest BCUT2D eigenvalue weighted by molar-refractivity contribution is 6.03. The lowest BCUT2D eigenvalue weighted by Gasteiger charge is -2.30. The third kappa shape index (κ3) is 6.60. The number of hydrogen-bond donors (Lipinski definition) is 6. The Morgan fingerprint density at radius 3 is 2.49 bits per heavy atom. The summed E-state index contributed by atoms with van der Waals surface area (Å²) in [6, 6.07) is 3.36. The number of halogens is 1. The summed E-state index contributed by atoms with van der Waals surface area (Å²) in [4.78, 5) is 33.5. The van der Waals surface area contributed by atoms with Crippen molar-refractivity contribution < 1.29 is 14.0 Å². The topological polar surface area (TPSA) is 177 Å². The molecule has 3 heterocycles. The van der Waals surface area contributed by atoms with Gasteiger partial charge in [0, 0.05) is 30.4 Å². The molecule has 0 aliphatic heterocycles. The first-order chi connectivity index (χ1) is 18.9. The van der Waals surface area contributed by atoms with Crippen molar-refractivity contribution in [3.05, 3.63) is 42.2 Å². The van der Waals surface area contributed by atoms with Gasteiger partial charge in [0.15, 0.2) is 17.2 Å². The fourth-order valence-electron chi connectivity index (χ4n) is 4.78. The van der Waals surface area contributed by atoms with Crippen LogP contribution >= 0.6 is 0 Å². The van der Waals surface area contributed by atoms with E-state index in [9.17, 15) is 14.0 Å². The standard InChI is InChI=1S/C26H35FN10O2/c27-18-13-30-11-9-20(18)35-26(39)22-14-31-24-21(32-15-3-4-15)12-23(36-37(22)24)33-16-5-7-17(8-6-16)34-25(38)19(29)2-1-10-28/h9,11-17,19,32H,1-8,10,28-29H2,(H,33,36)(H,34,38)(H,30,35,39)/t16?,17?,19-/m0/s1. The summed E-state index contributed by atoms with van der Waals surface area (Å²) in [5.41, 5.74) is 13.0. The van der Waals surface area contributed by atoms with Crippen LogP contribution in [0.5, 0.6) is 0 Å². The molecule has 12 nitrogen and oxygen atoms in total. The van der Waals surface area contributed by atoms with E-state index in [-0.39, 0.29) is 29.4 Å². The number of fused-ring (bicyclic) bond motifs is 1. The fraction of sp³-hybridized carbons (Fsp3) is 0.500. The summed E-state index contributed by atoms with van der Waals surface area (Å²) in [6.45, 7) is 0.518. The Morgan fingerprint density at radius 2 is 1.77 bits per heavy atom. The second-order valence-electron chi connectivity index (χ2n) is 10.3. The van der Waals surface area contributed by atoms with Crippen molar-refractivity contribution in [2.24, 2.45) is 11.5 Å². The van der Waals surface area contributed by atoms with Crippen LogP contribution in [0, 0.1) is 5.82 Å². The van der Waals surface area contributed by atoms with Gasteiger partial charge in [-0.3, -0.25) is 14.6 Å². The highest BCUT2D eigenvalue weighted by Crippen LogP contribution is 2.30. The Kier molecular flexibility index (Phi) is 8.17. The highest BCUT2D eigenvalue weighted by atomic mass is 19.1. The molecule has 2 saturated carbocycles. The Balaban J connectivity index is 1.27. The van der Waals surface area contributed by atoms with E-state index >= 15 is 0 Å². The number of nitrogens with zero attached hydrogens (tertiary/aromatic N) is 4. The molecule has 0 unspecified atom stereocenters. The van der Waals surface area contributed by atoms with E-state index in [2.05, 4.69) is 36.3 Å². The molecule has 8 N–H and O–H groups in total. The van der Waals surface area contributed by atoms with Crippen LogP contribution in [-0.2, 0) is 4.79 Å². The minimum absolute atomic E-state index is 0.0275. The van der Waals surface area contributed by atoms with Crippen LogP contribution in [0.1, 0.15) is 61.9 Å². The first kappa shape index (κ1) is 26.8. The van der Waals surface area contributed by atoms with Crippen molar-refractivity contribution >= 4 is 34.7 Å². The zero-order valence-corrected chi connectivity index (χ0v) is 21.7. The average molecular weight is 539 g/mol.